The van der Waals surface area contributed by atoms with E-state index in [2.05, 4.69) is 17.0 Å². The van der Waals surface area contributed by atoms with Crippen LogP contribution in [0.25, 0.3) is 0 Å². The van der Waals surface area contributed by atoms with Crippen molar-refractivity contribution in [3.05, 3.63) is 24.3 Å². The Kier molecular flexibility index (Phi) is 6.78. The number of hydrogen-bond donors (Lipinski definition) is 1. The third kappa shape index (κ3) is 4.02. The summed E-state index contributed by atoms with van der Waals surface area (Å²) in [7, 11) is 0. The number of halogens is 2. The van der Waals surface area contributed by atoms with Crippen molar-refractivity contribution < 1.29 is 4.79 Å². The Morgan fingerprint density at radius 2 is 1.81 bits per heavy atom. The first-order valence-corrected chi connectivity index (χ1v) is 7.14. The number of hydrogen-bond acceptors (Lipinski definition) is 3. The third-order valence-electron chi connectivity index (χ3n) is 3.94. The molecular formula is C15H23Cl2N3O. The van der Waals surface area contributed by atoms with Crippen molar-refractivity contribution in [1.29, 1.82) is 0 Å². The zero-order valence-electron chi connectivity index (χ0n) is 12.0. The third-order valence-corrected chi connectivity index (χ3v) is 3.94. The van der Waals surface area contributed by atoms with E-state index in [-0.39, 0.29) is 30.7 Å². The maximum atomic E-state index is 12.1. The lowest BCUT2D eigenvalue weighted by Crippen LogP contribution is -2.45. The smallest absolute Gasteiger partial charge is 0.228 e. The number of carbonyl (C=O) groups is 1. The van der Waals surface area contributed by atoms with Crippen LogP contribution >= 0.6 is 24.8 Å². The lowest BCUT2D eigenvalue weighted by atomic mass is 10.1. The van der Waals surface area contributed by atoms with Crippen molar-refractivity contribution in [3.8, 4) is 0 Å². The quantitative estimate of drug-likeness (QED) is 0.921. The number of anilines is 2. The number of fused-ring (bicyclic) bond motifs is 1. The molecule has 0 aromatic heterocycles. The molecule has 1 amide bonds. The SMILES string of the molecule is Cl.Cl.NCCC(=O)N1CCN(CC2CC2)c2ccccc21. The molecule has 118 valence electrons. The van der Waals surface area contributed by atoms with E-state index in [9.17, 15) is 4.79 Å². The van der Waals surface area contributed by atoms with Crippen LogP contribution in [-0.4, -0.2) is 32.1 Å². The van der Waals surface area contributed by atoms with Gasteiger partial charge < -0.3 is 15.5 Å². The second-order valence-corrected chi connectivity index (χ2v) is 5.46. The molecule has 1 aromatic carbocycles. The Labute approximate surface area is 138 Å². The van der Waals surface area contributed by atoms with Crippen LogP contribution in [0, 0.1) is 5.92 Å². The average molecular weight is 332 g/mol. The van der Waals surface area contributed by atoms with E-state index in [1.54, 1.807) is 0 Å². The van der Waals surface area contributed by atoms with E-state index in [0.29, 0.717) is 13.0 Å². The lowest BCUT2D eigenvalue weighted by molar-refractivity contribution is -0.118. The first kappa shape index (κ1) is 18.1. The van der Waals surface area contributed by atoms with Gasteiger partial charge in [-0.15, -0.1) is 24.8 Å². The van der Waals surface area contributed by atoms with Gasteiger partial charge >= 0.3 is 0 Å². The van der Waals surface area contributed by atoms with E-state index in [4.69, 9.17) is 5.73 Å². The van der Waals surface area contributed by atoms with Crippen LogP contribution in [0.15, 0.2) is 24.3 Å². The summed E-state index contributed by atoms with van der Waals surface area (Å²) in [4.78, 5) is 16.5. The highest BCUT2D eigenvalue weighted by Gasteiger charge is 2.30. The molecule has 3 rings (SSSR count). The topological polar surface area (TPSA) is 49.6 Å². The molecule has 1 aromatic rings. The first-order valence-electron chi connectivity index (χ1n) is 7.14. The number of nitrogens with two attached hydrogens (primary N) is 1. The van der Waals surface area contributed by atoms with Crippen LogP contribution in [0.5, 0.6) is 0 Å². The maximum Gasteiger partial charge on any atom is 0.228 e. The molecule has 0 saturated heterocycles. The summed E-state index contributed by atoms with van der Waals surface area (Å²) in [6.45, 7) is 3.27. The highest BCUT2D eigenvalue weighted by atomic mass is 35.5. The number of nitrogens with zero attached hydrogens (tertiary/aromatic N) is 2. The molecule has 0 atom stereocenters. The van der Waals surface area contributed by atoms with Crippen LogP contribution < -0.4 is 15.5 Å². The zero-order valence-corrected chi connectivity index (χ0v) is 13.7. The Hall–Kier alpha value is -0.970. The van der Waals surface area contributed by atoms with Crippen LogP contribution in [-0.2, 0) is 4.79 Å². The predicted molar refractivity (Wildman–Crippen MR) is 91.9 cm³/mol. The minimum Gasteiger partial charge on any atom is -0.368 e. The van der Waals surface area contributed by atoms with E-state index in [0.717, 1.165) is 31.2 Å². The number of para-hydroxylation sites is 2. The van der Waals surface area contributed by atoms with Crippen molar-refractivity contribution in [1.82, 2.24) is 0 Å². The molecule has 0 bridgehead atoms. The van der Waals surface area contributed by atoms with Crippen molar-refractivity contribution >= 4 is 42.1 Å². The van der Waals surface area contributed by atoms with E-state index in [1.165, 1.54) is 18.5 Å². The highest BCUT2D eigenvalue weighted by Crippen LogP contribution is 2.37. The van der Waals surface area contributed by atoms with Gasteiger partial charge in [-0.1, -0.05) is 12.1 Å². The fourth-order valence-electron chi connectivity index (χ4n) is 2.74. The van der Waals surface area contributed by atoms with Gasteiger partial charge in [0.05, 0.1) is 11.4 Å². The first-order chi connectivity index (χ1) is 9.29. The summed E-state index contributed by atoms with van der Waals surface area (Å²) in [5.74, 6) is 1.00. The fraction of sp³-hybridized carbons (Fsp3) is 0.533. The van der Waals surface area contributed by atoms with Crippen LogP contribution in [0.1, 0.15) is 19.3 Å². The summed E-state index contributed by atoms with van der Waals surface area (Å²) in [5.41, 5.74) is 7.75. The van der Waals surface area contributed by atoms with Gasteiger partial charge in [-0.25, -0.2) is 0 Å². The molecule has 4 nitrogen and oxygen atoms in total. The standard InChI is InChI=1S/C15H21N3O.2ClH/c16-8-7-15(19)18-10-9-17(11-12-5-6-12)13-3-1-2-4-14(13)18;;/h1-4,12H,5-11,16H2;2*1H. The molecule has 1 heterocycles. The number of rotatable bonds is 4. The van der Waals surface area contributed by atoms with E-state index in [1.807, 2.05) is 17.0 Å². The summed E-state index contributed by atoms with van der Waals surface area (Å²) >= 11 is 0. The average Bonchev–Trinajstić information content (AvgIpc) is 3.23. The van der Waals surface area contributed by atoms with Gasteiger partial charge in [0.15, 0.2) is 0 Å². The van der Waals surface area contributed by atoms with E-state index >= 15 is 0 Å². The summed E-state index contributed by atoms with van der Waals surface area (Å²) in [5, 5.41) is 0. The fourth-order valence-corrected chi connectivity index (χ4v) is 2.74. The van der Waals surface area contributed by atoms with Gasteiger partial charge in [-0.2, -0.15) is 0 Å². The highest BCUT2D eigenvalue weighted by molar-refractivity contribution is 5.97. The molecule has 0 radical (unpaired) electrons. The predicted octanol–water partition coefficient (Wildman–Crippen LogP) is 2.44. The molecule has 0 unspecified atom stereocenters. The van der Waals surface area contributed by atoms with Crippen LogP contribution in [0.2, 0.25) is 0 Å². The molecule has 2 aliphatic rings. The monoisotopic (exact) mass is 331 g/mol. The van der Waals surface area contributed by atoms with Gasteiger partial charge in [0.2, 0.25) is 5.91 Å². The van der Waals surface area contributed by atoms with Gasteiger partial charge in [0.25, 0.3) is 0 Å². The lowest BCUT2D eigenvalue weighted by Gasteiger charge is -2.38. The molecule has 1 fully saturated rings. The van der Waals surface area contributed by atoms with Crippen molar-refractivity contribution in [3.63, 3.8) is 0 Å². The van der Waals surface area contributed by atoms with Crippen molar-refractivity contribution in [2.45, 2.75) is 19.3 Å². The molecule has 0 spiro atoms. The summed E-state index contributed by atoms with van der Waals surface area (Å²) in [6, 6.07) is 8.22. The molecule has 21 heavy (non-hydrogen) atoms. The molecule has 2 N–H and O–H groups in total. The summed E-state index contributed by atoms with van der Waals surface area (Å²) in [6.07, 6.45) is 3.14. The second-order valence-electron chi connectivity index (χ2n) is 5.46. The molecule has 6 heteroatoms. The second kappa shape index (κ2) is 7.87. The molecular weight excluding hydrogens is 309 g/mol. The number of benzene rings is 1. The number of carbonyl (C=O) groups excluding carboxylic acids is 1. The maximum absolute atomic E-state index is 12.1. The Bertz CT molecular complexity index is 480. The van der Waals surface area contributed by atoms with Gasteiger partial charge in [0, 0.05) is 32.6 Å². The molecule has 1 saturated carbocycles. The van der Waals surface area contributed by atoms with Crippen molar-refractivity contribution in [2.24, 2.45) is 11.7 Å². The molecule has 1 aliphatic carbocycles. The molecule has 1 aliphatic heterocycles. The van der Waals surface area contributed by atoms with Crippen molar-refractivity contribution in [2.75, 3.05) is 36.0 Å². The van der Waals surface area contributed by atoms with Gasteiger partial charge in [0.1, 0.15) is 0 Å². The normalized spacial score (nSPS) is 16.6. The number of amides is 1. The largest absolute Gasteiger partial charge is 0.368 e. The van der Waals surface area contributed by atoms with Crippen LogP contribution in [0.3, 0.4) is 0 Å². The zero-order chi connectivity index (χ0) is 13.2. The Morgan fingerprint density at radius 3 is 2.43 bits per heavy atom. The minimum atomic E-state index is 0. The van der Waals surface area contributed by atoms with Gasteiger partial charge in [-0.05, 0) is 30.9 Å². The Morgan fingerprint density at radius 1 is 1.14 bits per heavy atom. The summed E-state index contributed by atoms with van der Waals surface area (Å²) < 4.78 is 0. The minimum absolute atomic E-state index is 0. The Balaban J connectivity index is 0.00000110. The van der Waals surface area contributed by atoms with Crippen LogP contribution in [0.4, 0.5) is 11.4 Å². The van der Waals surface area contributed by atoms with Gasteiger partial charge in [-0.3, -0.25) is 4.79 Å². The van der Waals surface area contributed by atoms with E-state index < -0.39 is 0 Å².